The highest BCUT2D eigenvalue weighted by atomic mass is 32.2. The first-order valence-corrected chi connectivity index (χ1v) is 9.50. The Morgan fingerprint density at radius 2 is 1.88 bits per heavy atom. The SMILES string of the molecule is O=S(=O)(NCCc1c[nH]c2ccccc12)c1ccc(-n2cnnn2)cc1. The third kappa shape index (κ3) is 3.22. The summed E-state index contributed by atoms with van der Waals surface area (Å²) in [5.74, 6) is 0. The Hall–Kier alpha value is -3.04. The topological polar surface area (TPSA) is 106 Å². The smallest absolute Gasteiger partial charge is 0.240 e. The molecule has 2 heterocycles. The number of aromatic nitrogens is 5. The van der Waals surface area contributed by atoms with Crippen molar-refractivity contribution in [3.63, 3.8) is 0 Å². The number of para-hydroxylation sites is 1. The fourth-order valence-electron chi connectivity index (χ4n) is 2.80. The van der Waals surface area contributed by atoms with Crippen molar-refractivity contribution in [3.8, 4) is 5.69 Å². The fraction of sp³-hybridized carbons (Fsp3) is 0.118. The Bertz CT molecular complexity index is 1120. The zero-order chi connectivity index (χ0) is 18.0. The van der Waals surface area contributed by atoms with Crippen LogP contribution in [0.25, 0.3) is 16.6 Å². The molecule has 0 aliphatic heterocycles. The van der Waals surface area contributed by atoms with Gasteiger partial charge in [-0.3, -0.25) is 0 Å². The van der Waals surface area contributed by atoms with E-state index in [1.54, 1.807) is 12.1 Å². The predicted molar refractivity (Wildman–Crippen MR) is 96.3 cm³/mol. The number of nitrogens with one attached hydrogen (secondary N) is 2. The average Bonchev–Trinajstić information content (AvgIpc) is 3.32. The fourth-order valence-corrected chi connectivity index (χ4v) is 3.83. The quantitative estimate of drug-likeness (QED) is 0.538. The summed E-state index contributed by atoms with van der Waals surface area (Å²) in [5, 5.41) is 12.0. The van der Waals surface area contributed by atoms with E-state index in [1.165, 1.54) is 23.1 Å². The van der Waals surface area contributed by atoms with Gasteiger partial charge in [0.05, 0.1) is 10.6 Å². The molecule has 0 unspecified atom stereocenters. The summed E-state index contributed by atoms with van der Waals surface area (Å²) in [6, 6.07) is 14.3. The van der Waals surface area contributed by atoms with E-state index in [4.69, 9.17) is 0 Å². The minimum Gasteiger partial charge on any atom is -0.361 e. The number of nitrogens with zero attached hydrogens (tertiary/aromatic N) is 4. The van der Waals surface area contributed by atoms with Gasteiger partial charge >= 0.3 is 0 Å². The zero-order valence-electron chi connectivity index (χ0n) is 13.7. The van der Waals surface area contributed by atoms with Crippen LogP contribution in [0.2, 0.25) is 0 Å². The Morgan fingerprint density at radius 3 is 2.65 bits per heavy atom. The summed E-state index contributed by atoms with van der Waals surface area (Å²) >= 11 is 0. The summed E-state index contributed by atoms with van der Waals surface area (Å²) in [5.41, 5.74) is 2.81. The molecule has 0 radical (unpaired) electrons. The molecule has 2 N–H and O–H groups in total. The maximum atomic E-state index is 12.5. The highest BCUT2D eigenvalue weighted by Gasteiger charge is 2.14. The van der Waals surface area contributed by atoms with Gasteiger partial charge in [0.2, 0.25) is 10.0 Å². The van der Waals surface area contributed by atoms with Gasteiger partial charge in [0.15, 0.2) is 0 Å². The maximum absolute atomic E-state index is 12.5. The summed E-state index contributed by atoms with van der Waals surface area (Å²) in [4.78, 5) is 3.39. The van der Waals surface area contributed by atoms with Crippen molar-refractivity contribution in [2.45, 2.75) is 11.3 Å². The molecule has 0 saturated heterocycles. The molecular formula is C17H16N6O2S. The number of tetrazole rings is 1. The maximum Gasteiger partial charge on any atom is 0.240 e. The van der Waals surface area contributed by atoms with Crippen molar-refractivity contribution < 1.29 is 8.42 Å². The normalized spacial score (nSPS) is 11.8. The van der Waals surface area contributed by atoms with Crippen molar-refractivity contribution in [2.24, 2.45) is 0 Å². The Morgan fingerprint density at radius 1 is 1.08 bits per heavy atom. The number of hydrogen-bond donors (Lipinski definition) is 2. The molecule has 2 aromatic heterocycles. The van der Waals surface area contributed by atoms with Crippen LogP contribution in [0.3, 0.4) is 0 Å². The van der Waals surface area contributed by atoms with Crippen LogP contribution in [0.4, 0.5) is 0 Å². The van der Waals surface area contributed by atoms with E-state index in [1.807, 2.05) is 30.5 Å². The minimum absolute atomic E-state index is 0.202. The summed E-state index contributed by atoms with van der Waals surface area (Å²) in [6.07, 6.45) is 3.97. The van der Waals surface area contributed by atoms with Crippen LogP contribution in [-0.4, -0.2) is 40.2 Å². The van der Waals surface area contributed by atoms with Crippen molar-refractivity contribution >= 4 is 20.9 Å². The van der Waals surface area contributed by atoms with Crippen LogP contribution in [0.1, 0.15) is 5.56 Å². The predicted octanol–water partition coefficient (Wildman–Crippen LogP) is 1.66. The van der Waals surface area contributed by atoms with E-state index >= 15 is 0 Å². The van der Waals surface area contributed by atoms with Gasteiger partial charge in [-0.15, -0.1) is 5.10 Å². The van der Waals surface area contributed by atoms with Gasteiger partial charge in [0, 0.05) is 23.6 Å². The molecule has 0 bridgehead atoms. The molecule has 0 atom stereocenters. The summed E-state index contributed by atoms with van der Waals surface area (Å²) < 4.78 is 29.0. The summed E-state index contributed by atoms with van der Waals surface area (Å²) in [7, 11) is -3.57. The van der Waals surface area contributed by atoms with E-state index in [9.17, 15) is 8.42 Å². The monoisotopic (exact) mass is 368 g/mol. The molecule has 0 aliphatic carbocycles. The molecule has 9 heteroatoms. The molecular weight excluding hydrogens is 352 g/mol. The number of benzene rings is 2. The van der Waals surface area contributed by atoms with Gasteiger partial charge in [0.25, 0.3) is 0 Å². The van der Waals surface area contributed by atoms with Crippen molar-refractivity contribution in [1.82, 2.24) is 29.9 Å². The molecule has 0 aliphatic rings. The standard InChI is InChI=1S/C17H16N6O2S/c24-26(25,15-7-5-14(6-8-15)23-12-19-21-22-23)20-10-9-13-11-18-17-4-2-1-3-16(13)17/h1-8,11-12,18,20H,9-10H2. The molecule has 0 fully saturated rings. The number of fused-ring (bicyclic) bond motifs is 1. The number of sulfonamides is 1. The highest BCUT2D eigenvalue weighted by Crippen LogP contribution is 2.18. The molecule has 0 spiro atoms. The molecule has 4 aromatic rings. The molecule has 132 valence electrons. The lowest BCUT2D eigenvalue weighted by Crippen LogP contribution is -2.26. The van der Waals surface area contributed by atoms with E-state index in [0.717, 1.165) is 16.5 Å². The second kappa shape index (κ2) is 6.70. The Labute approximate surface area is 149 Å². The Kier molecular flexibility index (Phi) is 4.23. The van der Waals surface area contributed by atoms with Gasteiger partial charge in [-0.25, -0.2) is 17.8 Å². The third-order valence-electron chi connectivity index (χ3n) is 4.12. The molecule has 0 saturated carbocycles. The van der Waals surface area contributed by atoms with Crippen LogP contribution in [-0.2, 0) is 16.4 Å². The molecule has 4 rings (SSSR count). The van der Waals surface area contributed by atoms with Crippen LogP contribution in [0.15, 0.2) is 66.0 Å². The van der Waals surface area contributed by atoms with E-state index in [0.29, 0.717) is 18.7 Å². The molecule has 0 amide bonds. The summed E-state index contributed by atoms with van der Waals surface area (Å²) in [6.45, 7) is 0.318. The average molecular weight is 368 g/mol. The van der Waals surface area contributed by atoms with Gasteiger partial charge in [-0.2, -0.15) is 0 Å². The first-order chi connectivity index (χ1) is 12.6. The number of aromatic amines is 1. The van der Waals surface area contributed by atoms with Crippen molar-refractivity contribution in [1.29, 1.82) is 0 Å². The molecule has 26 heavy (non-hydrogen) atoms. The van der Waals surface area contributed by atoms with Crippen molar-refractivity contribution in [2.75, 3.05) is 6.54 Å². The third-order valence-corrected chi connectivity index (χ3v) is 5.60. The van der Waals surface area contributed by atoms with Gasteiger partial charge in [0.1, 0.15) is 6.33 Å². The molecule has 2 aromatic carbocycles. The van der Waals surface area contributed by atoms with Gasteiger partial charge in [-0.1, -0.05) is 18.2 Å². The number of hydrogen-bond acceptors (Lipinski definition) is 5. The van der Waals surface area contributed by atoms with Crippen LogP contribution < -0.4 is 4.72 Å². The van der Waals surface area contributed by atoms with Crippen LogP contribution >= 0.6 is 0 Å². The largest absolute Gasteiger partial charge is 0.361 e. The lowest BCUT2D eigenvalue weighted by atomic mass is 10.1. The second-order valence-electron chi connectivity index (χ2n) is 5.76. The van der Waals surface area contributed by atoms with E-state index in [-0.39, 0.29) is 4.90 Å². The number of H-pyrrole nitrogens is 1. The Balaban J connectivity index is 1.44. The molecule has 8 nitrogen and oxygen atoms in total. The minimum atomic E-state index is -3.57. The van der Waals surface area contributed by atoms with E-state index in [2.05, 4.69) is 25.2 Å². The lowest BCUT2D eigenvalue weighted by Gasteiger charge is -2.07. The van der Waals surface area contributed by atoms with E-state index < -0.39 is 10.0 Å². The second-order valence-corrected chi connectivity index (χ2v) is 7.52. The van der Waals surface area contributed by atoms with Crippen LogP contribution in [0, 0.1) is 0 Å². The van der Waals surface area contributed by atoms with Gasteiger partial charge in [-0.05, 0) is 52.7 Å². The lowest BCUT2D eigenvalue weighted by molar-refractivity contribution is 0.581. The number of rotatable bonds is 6. The zero-order valence-corrected chi connectivity index (χ0v) is 14.5. The first-order valence-electron chi connectivity index (χ1n) is 8.01. The van der Waals surface area contributed by atoms with Crippen molar-refractivity contribution in [3.05, 3.63) is 66.6 Å². The first kappa shape index (κ1) is 16.4. The highest BCUT2D eigenvalue weighted by molar-refractivity contribution is 7.89. The van der Waals surface area contributed by atoms with Gasteiger partial charge < -0.3 is 4.98 Å². The van der Waals surface area contributed by atoms with Crippen LogP contribution in [0.5, 0.6) is 0 Å².